The molecule has 0 spiro atoms. The van der Waals surface area contributed by atoms with E-state index in [4.69, 9.17) is 10.2 Å². The molecule has 104 valence electrons. The highest BCUT2D eigenvalue weighted by Crippen LogP contribution is 1.97. The zero-order valence-corrected chi connectivity index (χ0v) is 10.5. The van der Waals surface area contributed by atoms with Crippen LogP contribution in [0.4, 0.5) is 4.79 Å². The van der Waals surface area contributed by atoms with Crippen LogP contribution in [0.2, 0.25) is 0 Å². The monoisotopic (exact) mass is 262 g/mol. The molecular formula is C10H18N2O6. The van der Waals surface area contributed by atoms with Crippen LogP contribution in [0.5, 0.6) is 0 Å². The SMILES string of the molecule is COC(=O)C[C@H](NC(=O)N(C)CC(C)O)C(=O)O. The van der Waals surface area contributed by atoms with Crippen LogP contribution in [0.1, 0.15) is 13.3 Å². The van der Waals surface area contributed by atoms with E-state index in [1.54, 1.807) is 0 Å². The van der Waals surface area contributed by atoms with Crippen molar-refractivity contribution in [1.82, 2.24) is 10.2 Å². The first kappa shape index (κ1) is 16.2. The number of rotatable bonds is 6. The Kier molecular flexibility index (Phi) is 6.73. The van der Waals surface area contributed by atoms with E-state index in [0.29, 0.717) is 0 Å². The van der Waals surface area contributed by atoms with E-state index in [1.807, 2.05) is 0 Å². The quantitative estimate of drug-likeness (QED) is 0.530. The van der Waals surface area contributed by atoms with E-state index < -0.39 is 36.5 Å². The van der Waals surface area contributed by atoms with Crippen molar-refractivity contribution in [3.8, 4) is 0 Å². The Labute approximate surface area is 105 Å². The summed E-state index contributed by atoms with van der Waals surface area (Å²) in [5.41, 5.74) is 0. The summed E-state index contributed by atoms with van der Waals surface area (Å²) in [4.78, 5) is 34.5. The molecule has 0 heterocycles. The summed E-state index contributed by atoms with van der Waals surface area (Å²) >= 11 is 0. The summed E-state index contributed by atoms with van der Waals surface area (Å²) < 4.78 is 4.33. The number of nitrogens with zero attached hydrogens (tertiary/aromatic N) is 1. The molecule has 8 heteroatoms. The number of carboxylic acids is 1. The predicted octanol–water partition coefficient (Wildman–Crippen LogP) is -0.975. The van der Waals surface area contributed by atoms with Crippen molar-refractivity contribution in [2.24, 2.45) is 0 Å². The third kappa shape index (κ3) is 6.04. The lowest BCUT2D eigenvalue weighted by atomic mass is 10.2. The Morgan fingerprint density at radius 2 is 1.94 bits per heavy atom. The molecule has 0 radical (unpaired) electrons. The van der Waals surface area contributed by atoms with E-state index in [0.717, 1.165) is 12.0 Å². The lowest BCUT2D eigenvalue weighted by Gasteiger charge is -2.21. The smallest absolute Gasteiger partial charge is 0.326 e. The number of aliphatic hydroxyl groups is 1. The number of likely N-dealkylation sites (N-methyl/N-ethyl adjacent to an activating group) is 1. The van der Waals surface area contributed by atoms with Crippen LogP contribution in [0.15, 0.2) is 0 Å². The van der Waals surface area contributed by atoms with E-state index in [9.17, 15) is 14.4 Å². The van der Waals surface area contributed by atoms with Gasteiger partial charge in [0.15, 0.2) is 0 Å². The van der Waals surface area contributed by atoms with Gasteiger partial charge in [-0.05, 0) is 6.92 Å². The van der Waals surface area contributed by atoms with Crippen LogP contribution in [0.25, 0.3) is 0 Å². The topological polar surface area (TPSA) is 116 Å². The van der Waals surface area contributed by atoms with E-state index in [2.05, 4.69) is 10.1 Å². The Bertz CT molecular complexity index is 317. The van der Waals surface area contributed by atoms with Crippen molar-refractivity contribution >= 4 is 18.0 Å². The van der Waals surface area contributed by atoms with Gasteiger partial charge in [-0.1, -0.05) is 0 Å². The van der Waals surface area contributed by atoms with Crippen LogP contribution in [-0.2, 0) is 14.3 Å². The van der Waals surface area contributed by atoms with Gasteiger partial charge in [0.05, 0.1) is 19.6 Å². The molecular weight excluding hydrogens is 244 g/mol. The number of hydrogen-bond donors (Lipinski definition) is 3. The minimum atomic E-state index is -1.36. The van der Waals surface area contributed by atoms with Gasteiger partial charge < -0.3 is 25.2 Å². The van der Waals surface area contributed by atoms with Gasteiger partial charge in [-0.2, -0.15) is 0 Å². The Hall–Kier alpha value is -1.83. The number of aliphatic carboxylic acids is 1. The number of carbonyl (C=O) groups is 3. The number of hydrogen-bond acceptors (Lipinski definition) is 5. The first-order valence-electron chi connectivity index (χ1n) is 5.27. The molecule has 0 saturated heterocycles. The van der Waals surface area contributed by atoms with Gasteiger partial charge in [0.1, 0.15) is 6.04 Å². The number of esters is 1. The molecule has 0 rings (SSSR count). The number of methoxy groups -OCH3 is 1. The molecule has 0 aromatic carbocycles. The molecule has 0 aromatic rings. The number of carbonyl (C=O) groups excluding carboxylic acids is 2. The van der Waals surface area contributed by atoms with Crippen molar-refractivity contribution < 1.29 is 29.3 Å². The second-order valence-corrected chi connectivity index (χ2v) is 3.85. The molecule has 0 bridgehead atoms. The minimum absolute atomic E-state index is 0.0520. The van der Waals surface area contributed by atoms with Gasteiger partial charge in [-0.25, -0.2) is 9.59 Å². The number of nitrogens with one attached hydrogen (secondary N) is 1. The normalized spacial score (nSPS) is 13.3. The number of urea groups is 1. The molecule has 1 unspecified atom stereocenters. The molecule has 0 aliphatic heterocycles. The predicted molar refractivity (Wildman–Crippen MR) is 60.9 cm³/mol. The summed E-state index contributed by atoms with van der Waals surface area (Å²) in [5.74, 6) is -2.07. The molecule has 2 amide bonds. The molecule has 0 fully saturated rings. The van der Waals surface area contributed by atoms with Crippen LogP contribution < -0.4 is 5.32 Å². The first-order valence-corrected chi connectivity index (χ1v) is 5.27. The first-order chi connectivity index (χ1) is 8.27. The summed E-state index contributed by atoms with van der Waals surface area (Å²) in [6.07, 6.45) is -1.19. The Morgan fingerprint density at radius 3 is 2.33 bits per heavy atom. The molecule has 0 aromatic heterocycles. The maximum Gasteiger partial charge on any atom is 0.326 e. The molecule has 3 N–H and O–H groups in total. The third-order valence-corrected chi connectivity index (χ3v) is 2.08. The van der Waals surface area contributed by atoms with Crippen LogP contribution in [-0.4, -0.2) is 65.9 Å². The van der Waals surface area contributed by atoms with Crippen LogP contribution in [0.3, 0.4) is 0 Å². The Morgan fingerprint density at radius 1 is 1.39 bits per heavy atom. The fourth-order valence-electron chi connectivity index (χ4n) is 1.19. The highest BCUT2D eigenvalue weighted by molar-refractivity contribution is 5.86. The zero-order chi connectivity index (χ0) is 14.3. The number of ether oxygens (including phenoxy) is 1. The standard InChI is InChI=1S/C10H18N2O6/c1-6(13)5-12(2)10(17)11-7(9(15)16)4-8(14)18-3/h6-7,13H,4-5H2,1-3H3,(H,11,17)(H,15,16)/t6?,7-/m0/s1. The summed E-state index contributed by atoms with van der Waals surface area (Å²) in [7, 11) is 2.53. The van der Waals surface area contributed by atoms with Crippen molar-refractivity contribution in [3.63, 3.8) is 0 Å². The lowest BCUT2D eigenvalue weighted by molar-refractivity contribution is -0.147. The maximum absolute atomic E-state index is 11.6. The van der Waals surface area contributed by atoms with Crippen molar-refractivity contribution in [2.45, 2.75) is 25.5 Å². The van der Waals surface area contributed by atoms with E-state index >= 15 is 0 Å². The third-order valence-electron chi connectivity index (χ3n) is 2.08. The second-order valence-electron chi connectivity index (χ2n) is 3.85. The van der Waals surface area contributed by atoms with Gasteiger partial charge >= 0.3 is 18.0 Å². The second kappa shape index (κ2) is 7.49. The van der Waals surface area contributed by atoms with Gasteiger partial charge in [0, 0.05) is 13.6 Å². The van der Waals surface area contributed by atoms with Gasteiger partial charge in [-0.15, -0.1) is 0 Å². The van der Waals surface area contributed by atoms with Crippen LogP contribution in [0, 0.1) is 0 Å². The zero-order valence-electron chi connectivity index (χ0n) is 10.5. The largest absolute Gasteiger partial charge is 0.480 e. The average Bonchev–Trinajstić information content (AvgIpc) is 2.26. The van der Waals surface area contributed by atoms with E-state index in [1.165, 1.54) is 14.0 Å². The average molecular weight is 262 g/mol. The van der Waals surface area contributed by atoms with Gasteiger partial charge in [-0.3, -0.25) is 4.79 Å². The number of amides is 2. The molecule has 0 saturated carbocycles. The lowest BCUT2D eigenvalue weighted by Crippen LogP contribution is -2.48. The fraction of sp³-hybridized carbons (Fsp3) is 0.700. The van der Waals surface area contributed by atoms with Gasteiger partial charge in [0.25, 0.3) is 0 Å². The van der Waals surface area contributed by atoms with Crippen molar-refractivity contribution in [1.29, 1.82) is 0 Å². The maximum atomic E-state index is 11.6. The molecule has 2 atom stereocenters. The van der Waals surface area contributed by atoms with E-state index in [-0.39, 0.29) is 6.54 Å². The summed E-state index contributed by atoms with van der Waals surface area (Å²) in [6.45, 7) is 1.54. The van der Waals surface area contributed by atoms with Gasteiger partial charge in [0.2, 0.25) is 0 Å². The summed E-state index contributed by atoms with van der Waals surface area (Å²) in [5, 5.41) is 20.1. The molecule has 0 aliphatic carbocycles. The summed E-state index contributed by atoms with van der Waals surface area (Å²) in [6, 6.07) is -2.05. The highest BCUT2D eigenvalue weighted by atomic mass is 16.5. The number of carboxylic acid groups (broad SMARTS) is 1. The van der Waals surface area contributed by atoms with Crippen LogP contribution >= 0.6 is 0 Å². The molecule has 8 nitrogen and oxygen atoms in total. The minimum Gasteiger partial charge on any atom is -0.480 e. The molecule has 0 aliphatic rings. The highest BCUT2D eigenvalue weighted by Gasteiger charge is 2.25. The van der Waals surface area contributed by atoms with Crippen molar-refractivity contribution in [3.05, 3.63) is 0 Å². The molecule has 18 heavy (non-hydrogen) atoms. The number of aliphatic hydroxyl groups excluding tert-OH is 1. The fourth-order valence-corrected chi connectivity index (χ4v) is 1.19. The Balaban J connectivity index is 4.45. The van der Waals surface area contributed by atoms with Crippen molar-refractivity contribution in [2.75, 3.05) is 20.7 Å².